The van der Waals surface area contributed by atoms with Gasteiger partial charge in [0.1, 0.15) is 5.82 Å². The van der Waals surface area contributed by atoms with Gasteiger partial charge in [-0.3, -0.25) is 0 Å². The molecule has 2 rings (SSSR count). The van der Waals surface area contributed by atoms with E-state index >= 15 is 0 Å². The maximum Gasteiger partial charge on any atom is 0.190 e. The molecule has 0 aliphatic rings. The van der Waals surface area contributed by atoms with Gasteiger partial charge in [0.25, 0.3) is 0 Å². The highest BCUT2D eigenvalue weighted by Crippen LogP contribution is 2.22. The fraction of sp³-hybridized carbons (Fsp3) is 0.417. The lowest BCUT2D eigenvalue weighted by molar-refractivity contribution is 0.635. The molecule has 0 unspecified atom stereocenters. The minimum atomic E-state index is 0.538. The Kier molecular flexibility index (Phi) is 3.88. The van der Waals surface area contributed by atoms with Gasteiger partial charge in [-0.25, -0.2) is 20.8 Å². The van der Waals surface area contributed by atoms with Gasteiger partial charge in [-0.1, -0.05) is 13.8 Å². The Morgan fingerprint density at radius 2 is 2.11 bits per heavy atom. The number of hydrazine groups is 1. The summed E-state index contributed by atoms with van der Waals surface area (Å²) in [5.41, 5.74) is 4.55. The predicted octanol–water partition coefficient (Wildman–Crippen LogP) is 2.39. The normalized spacial score (nSPS) is 10.9. The molecule has 0 bridgehead atoms. The lowest BCUT2D eigenvalue weighted by Crippen LogP contribution is -2.11. The molecule has 0 spiro atoms. The van der Waals surface area contributed by atoms with E-state index in [1.54, 1.807) is 11.3 Å². The SMILES string of the molecule is Cc1csc(-c2nc(CC(C)C)cc(NN)n2)n1. The zero-order valence-electron chi connectivity index (χ0n) is 10.8. The maximum atomic E-state index is 5.44. The molecule has 3 N–H and O–H groups in total. The lowest BCUT2D eigenvalue weighted by atomic mass is 10.1. The second-order valence-corrected chi connectivity index (χ2v) is 5.46. The van der Waals surface area contributed by atoms with Crippen molar-refractivity contribution in [1.29, 1.82) is 0 Å². The molecule has 96 valence electrons. The second kappa shape index (κ2) is 5.41. The molecule has 0 aliphatic heterocycles. The Morgan fingerprint density at radius 3 is 2.67 bits per heavy atom. The number of nitrogens with one attached hydrogen (secondary N) is 1. The fourth-order valence-corrected chi connectivity index (χ4v) is 2.37. The number of thiazole rings is 1. The highest BCUT2D eigenvalue weighted by atomic mass is 32.1. The van der Waals surface area contributed by atoms with Crippen molar-refractivity contribution in [3.05, 3.63) is 22.8 Å². The molecule has 0 aliphatic carbocycles. The average molecular weight is 263 g/mol. The first kappa shape index (κ1) is 12.9. The van der Waals surface area contributed by atoms with E-state index in [2.05, 4.69) is 34.2 Å². The Hall–Kier alpha value is -1.53. The molecule has 0 fully saturated rings. The fourth-order valence-electron chi connectivity index (χ4n) is 1.65. The van der Waals surface area contributed by atoms with E-state index in [4.69, 9.17) is 5.84 Å². The third-order valence-electron chi connectivity index (χ3n) is 2.35. The van der Waals surface area contributed by atoms with Crippen LogP contribution in [0.25, 0.3) is 10.8 Å². The molecule has 5 nitrogen and oxygen atoms in total. The van der Waals surface area contributed by atoms with Gasteiger partial charge in [-0.2, -0.15) is 0 Å². The molecule has 6 heteroatoms. The van der Waals surface area contributed by atoms with Crippen molar-refractivity contribution in [1.82, 2.24) is 15.0 Å². The van der Waals surface area contributed by atoms with Crippen LogP contribution < -0.4 is 11.3 Å². The van der Waals surface area contributed by atoms with E-state index in [0.717, 1.165) is 22.8 Å². The van der Waals surface area contributed by atoms with Gasteiger partial charge < -0.3 is 5.43 Å². The summed E-state index contributed by atoms with van der Waals surface area (Å²) < 4.78 is 0. The number of aromatic nitrogens is 3. The van der Waals surface area contributed by atoms with Crippen LogP contribution in [0.5, 0.6) is 0 Å². The molecule has 0 amide bonds. The maximum absolute atomic E-state index is 5.44. The highest BCUT2D eigenvalue weighted by Gasteiger charge is 2.10. The second-order valence-electron chi connectivity index (χ2n) is 4.60. The number of nitrogens with two attached hydrogens (primary N) is 1. The van der Waals surface area contributed by atoms with Crippen LogP contribution in [0.15, 0.2) is 11.4 Å². The van der Waals surface area contributed by atoms with Crippen molar-refractivity contribution in [2.45, 2.75) is 27.2 Å². The van der Waals surface area contributed by atoms with Crippen LogP contribution in [-0.4, -0.2) is 15.0 Å². The summed E-state index contributed by atoms with van der Waals surface area (Å²) in [5.74, 6) is 7.25. The van der Waals surface area contributed by atoms with Crippen LogP contribution in [-0.2, 0) is 6.42 Å². The molecule has 0 radical (unpaired) electrons. The molecular weight excluding hydrogens is 246 g/mol. The third kappa shape index (κ3) is 3.02. The van der Waals surface area contributed by atoms with Crippen molar-refractivity contribution in [3.8, 4) is 10.8 Å². The Labute approximate surface area is 110 Å². The zero-order valence-corrected chi connectivity index (χ0v) is 11.6. The Balaban J connectivity index is 2.40. The van der Waals surface area contributed by atoms with Crippen LogP contribution in [0.1, 0.15) is 25.2 Å². The van der Waals surface area contributed by atoms with Gasteiger partial charge >= 0.3 is 0 Å². The summed E-state index contributed by atoms with van der Waals surface area (Å²) in [6.07, 6.45) is 0.897. The van der Waals surface area contributed by atoms with Gasteiger partial charge in [-0.05, 0) is 19.3 Å². The van der Waals surface area contributed by atoms with Gasteiger partial charge in [0.15, 0.2) is 10.8 Å². The monoisotopic (exact) mass is 263 g/mol. The van der Waals surface area contributed by atoms with Crippen LogP contribution in [0, 0.1) is 12.8 Å². The molecule has 0 saturated heterocycles. The Morgan fingerprint density at radius 1 is 1.33 bits per heavy atom. The number of hydrogen-bond donors (Lipinski definition) is 2. The van der Waals surface area contributed by atoms with Crippen molar-refractivity contribution >= 4 is 17.2 Å². The number of hydrogen-bond acceptors (Lipinski definition) is 6. The molecule has 0 aromatic carbocycles. The number of nitrogens with zero attached hydrogens (tertiary/aromatic N) is 3. The number of rotatable bonds is 4. The van der Waals surface area contributed by atoms with E-state index in [-0.39, 0.29) is 0 Å². The molecule has 0 atom stereocenters. The van der Waals surface area contributed by atoms with Crippen molar-refractivity contribution in [2.24, 2.45) is 11.8 Å². The van der Waals surface area contributed by atoms with E-state index in [1.165, 1.54) is 0 Å². The first-order chi connectivity index (χ1) is 8.58. The molecule has 0 saturated carbocycles. The molecule has 2 aromatic rings. The minimum absolute atomic E-state index is 0.538. The summed E-state index contributed by atoms with van der Waals surface area (Å²) in [7, 11) is 0. The quantitative estimate of drug-likeness (QED) is 0.654. The summed E-state index contributed by atoms with van der Waals surface area (Å²) >= 11 is 1.54. The summed E-state index contributed by atoms with van der Waals surface area (Å²) in [6, 6.07) is 1.88. The Bertz CT molecular complexity index is 535. The van der Waals surface area contributed by atoms with Crippen LogP contribution in [0.2, 0.25) is 0 Å². The molecule has 18 heavy (non-hydrogen) atoms. The van der Waals surface area contributed by atoms with Crippen LogP contribution >= 0.6 is 11.3 Å². The van der Waals surface area contributed by atoms with Gasteiger partial charge in [-0.15, -0.1) is 11.3 Å². The smallest absolute Gasteiger partial charge is 0.190 e. The van der Waals surface area contributed by atoms with Gasteiger partial charge in [0.2, 0.25) is 0 Å². The van der Waals surface area contributed by atoms with E-state index in [1.807, 2.05) is 18.4 Å². The molecular formula is C12H17N5S. The minimum Gasteiger partial charge on any atom is -0.308 e. The highest BCUT2D eigenvalue weighted by molar-refractivity contribution is 7.13. The standard InChI is InChI=1S/C12H17N5S/c1-7(2)4-9-5-10(17-13)16-11(15-9)12-14-8(3)6-18-12/h5-7H,4,13H2,1-3H3,(H,15,16,17). The summed E-state index contributed by atoms with van der Waals surface area (Å²) in [5, 5.41) is 2.82. The predicted molar refractivity (Wildman–Crippen MR) is 74.2 cm³/mol. The lowest BCUT2D eigenvalue weighted by Gasteiger charge is -2.08. The first-order valence-corrected chi connectivity index (χ1v) is 6.73. The van der Waals surface area contributed by atoms with Crippen LogP contribution in [0.3, 0.4) is 0 Å². The molecule has 2 heterocycles. The van der Waals surface area contributed by atoms with Gasteiger partial charge in [0.05, 0.1) is 0 Å². The average Bonchev–Trinajstić information content (AvgIpc) is 2.74. The van der Waals surface area contributed by atoms with Gasteiger partial charge in [0, 0.05) is 22.8 Å². The van der Waals surface area contributed by atoms with E-state index in [0.29, 0.717) is 17.6 Å². The number of aryl methyl sites for hydroxylation is 1. The number of anilines is 1. The van der Waals surface area contributed by atoms with Crippen LogP contribution in [0.4, 0.5) is 5.82 Å². The number of nitrogen functional groups attached to an aromatic ring is 1. The molecule has 2 aromatic heterocycles. The summed E-state index contributed by atoms with van der Waals surface area (Å²) in [4.78, 5) is 13.3. The van der Waals surface area contributed by atoms with Crippen molar-refractivity contribution < 1.29 is 0 Å². The third-order valence-corrected chi connectivity index (χ3v) is 3.31. The van der Waals surface area contributed by atoms with E-state index in [9.17, 15) is 0 Å². The topological polar surface area (TPSA) is 76.7 Å². The first-order valence-electron chi connectivity index (χ1n) is 5.85. The summed E-state index contributed by atoms with van der Waals surface area (Å²) in [6.45, 7) is 6.27. The van der Waals surface area contributed by atoms with Crippen molar-refractivity contribution in [2.75, 3.05) is 5.43 Å². The zero-order chi connectivity index (χ0) is 13.1. The van der Waals surface area contributed by atoms with Crippen molar-refractivity contribution in [3.63, 3.8) is 0 Å². The largest absolute Gasteiger partial charge is 0.308 e. The van der Waals surface area contributed by atoms with E-state index < -0.39 is 0 Å².